The number of hydrogen-bond acceptors (Lipinski definition) is 2. The van der Waals surface area contributed by atoms with Crippen LogP contribution >= 0.6 is 0 Å². The molecule has 0 atom stereocenters. The normalized spacial score (nSPS) is 11.4. The second-order valence-electron chi connectivity index (χ2n) is 6.90. The van der Waals surface area contributed by atoms with Gasteiger partial charge in [0.15, 0.2) is 0 Å². The van der Waals surface area contributed by atoms with Gasteiger partial charge in [-0.3, -0.25) is 0 Å². The molecule has 0 unspecified atom stereocenters. The van der Waals surface area contributed by atoms with Gasteiger partial charge >= 0.3 is 0 Å². The SMILES string of the molecule is CC(C)(C)CNCc1cccc(OCCc2ccccc2)c1. The van der Waals surface area contributed by atoms with Gasteiger partial charge in [0.25, 0.3) is 0 Å². The predicted molar refractivity (Wildman–Crippen MR) is 93.2 cm³/mol. The Labute approximate surface area is 134 Å². The summed E-state index contributed by atoms with van der Waals surface area (Å²) < 4.78 is 5.87. The van der Waals surface area contributed by atoms with Crippen molar-refractivity contribution in [3.63, 3.8) is 0 Å². The third-order valence-corrected chi connectivity index (χ3v) is 3.39. The number of ether oxygens (including phenoxy) is 1. The van der Waals surface area contributed by atoms with Crippen molar-refractivity contribution < 1.29 is 4.74 Å². The zero-order valence-corrected chi connectivity index (χ0v) is 13.9. The molecule has 2 aromatic rings. The van der Waals surface area contributed by atoms with Gasteiger partial charge < -0.3 is 10.1 Å². The zero-order valence-electron chi connectivity index (χ0n) is 13.9. The first-order valence-corrected chi connectivity index (χ1v) is 7.99. The van der Waals surface area contributed by atoms with E-state index in [1.807, 2.05) is 12.1 Å². The Morgan fingerprint density at radius 3 is 2.36 bits per heavy atom. The second-order valence-corrected chi connectivity index (χ2v) is 6.90. The van der Waals surface area contributed by atoms with Gasteiger partial charge in [-0.25, -0.2) is 0 Å². The molecule has 0 aliphatic heterocycles. The summed E-state index contributed by atoms with van der Waals surface area (Å²) in [5.74, 6) is 0.950. The maximum Gasteiger partial charge on any atom is 0.119 e. The van der Waals surface area contributed by atoms with Crippen LogP contribution in [0.3, 0.4) is 0 Å². The average molecular weight is 297 g/mol. The highest BCUT2D eigenvalue weighted by molar-refractivity contribution is 5.28. The fraction of sp³-hybridized carbons (Fsp3) is 0.400. The van der Waals surface area contributed by atoms with Gasteiger partial charge in [-0.05, 0) is 28.7 Å². The molecular formula is C20H27NO. The first kappa shape index (κ1) is 16.6. The third kappa shape index (κ3) is 6.31. The number of rotatable bonds is 7. The molecule has 2 nitrogen and oxygen atoms in total. The van der Waals surface area contributed by atoms with Crippen LogP contribution in [0.4, 0.5) is 0 Å². The molecule has 0 heterocycles. The summed E-state index contributed by atoms with van der Waals surface area (Å²) in [6.45, 7) is 9.32. The second kappa shape index (κ2) is 8.00. The fourth-order valence-electron chi connectivity index (χ4n) is 2.26. The molecule has 0 fully saturated rings. The Bertz CT molecular complexity index is 557. The van der Waals surface area contributed by atoms with Crippen molar-refractivity contribution in [2.75, 3.05) is 13.2 Å². The molecule has 0 saturated carbocycles. The molecule has 22 heavy (non-hydrogen) atoms. The summed E-state index contributed by atoms with van der Waals surface area (Å²) in [5, 5.41) is 3.50. The van der Waals surface area contributed by atoms with Crippen LogP contribution in [0.5, 0.6) is 5.75 Å². The molecule has 0 aliphatic rings. The molecule has 0 radical (unpaired) electrons. The Balaban J connectivity index is 1.78. The van der Waals surface area contributed by atoms with E-state index < -0.39 is 0 Å². The zero-order chi connectivity index (χ0) is 15.8. The van der Waals surface area contributed by atoms with Gasteiger partial charge in [-0.15, -0.1) is 0 Å². The highest BCUT2D eigenvalue weighted by atomic mass is 16.5. The van der Waals surface area contributed by atoms with Crippen LogP contribution in [0.2, 0.25) is 0 Å². The molecule has 0 aromatic heterocycles. The monoisotopic (exact) mass is 297 g/mol. The molecule has 0 amide bonds. The van der Waals surface area contributed by atoms with Crippen molar-refractivity contribution in [2.45, 2.75) is 33.7 Å². The average Bonchev–Trinajstić information content (AvgIpc) is 2.47. The minimum atomic E-state index is 0.309. The highest BCUT2D eigenvalue weighted by Gasteiger charge is 2.08. The van der Waals surface area contributed by atoms with Crippen molar-refractivity contribution >= 4 is 0 Å². The van der Waals surface area contributed by atoms with Crippen molar-refractivity contribution in [3.8, 4) is 5.75 Å². The van der Waals surface area contributed by atoms with Crippen LogP contribution in [0.1, 0.15) is 31.9 Å². The molecule has 0 saturated heterocycles. The molecule has 2 heteroatoms. The highest BCUT2D eigenvalue weighted by Crippen LogP contribution is 2.15. The van der Waals surface area contributed by atoms with E-state index in [4.69, 9.17) is 4.74 Å². The summed E-state index contributed by atoms with van der Waals surface area (Å²) in [6.07, 6.45) is 0.938. The lowest BCUT2D eigenvalue weighted by Crippen LogP contribution is -2.26. The van der Waals surface area contributed by atoms with Crippen molar-refractivity contribution in [1.82, 2.24) is 5.32 Å². The van der Waals surface area contributed by atoms with E-state index in [0.717, 1.165) is 25.3 Å². The minimum Gasteiger partial charge on any atom is -0.493 e. The summed E-state index contributed by atoms with van der Waals surface area (Å²) in [4.78, 5) is 0. The van der Waals surface area contributed by atoms with Crippen molar-refractivity contribution in [1.29, 1.82) is 0 Å². The van der Waals surface area contributed by atoms with Crippen LogP contribution in [-0.2, 0) is 13.0 Å². The predicted octanol–water partition coefficient (Wildman–Crippen LogP) is 4.44. The van der Waals surface area contributed by atoms with Crippen molar-refractivity contribution in [3.05, 3.63) is 65.7 Å². The smallest absolute Gasteiger partial charge is 0.119 e. The Morgan fingerprint density at radius 2 is 1.64 bits per heavy atom. The molecular weight excluding hydrogens is 270 g/mol. The van der Waals surface area contributed by atoms with E-state index in [1.165, 1.54) is 11.1 Å². The maximum absolute atomic E-state index is 5.87. The molecule has 118 valence electrons. The first-order chi connectivity index (χ1) is 10.5. The molecule has 0 spiro atoms. The van der Waals surface area contributed by atoms with Crippen LogP contribution in [-0.4, -0.2) is 13.2 Å². The van der Waals surface area contributed by atoms with Crippen molar-refractivity contribution in [2.24, 2.45) is 5.41 Å². The lowest BCUT2D eigenvalue weighted by Gasteiger charge is -2.19. The van der Waals surface area contributed by atoms with Crippen LogP contribution < -0.4 is 10.1 Å². The summed E-state index contributed by atoms with van der Waals surface area (Å²) in [6, 6.07) is 18.8. The molecule has 0 bridgehead atoms. The summed E-state index contributed by atoms with van der Waals surface area (Å²) in [5.41, 5.74) is 2.89. The van der Waals surface area contributed by atoms with E-state index in [2.05, 4.69) is 68.6 Å². The lowest BCUT2D eigenvalue weighted by atomic mass is 9.97. The molecule has 2 rings (SSSR count). The van der Waals surface area contributed by atoms with Gasteiger partial charge in [-0.1, -0.05) is 63.2 Å². The number of nitrogens with one attached hydrogen (secondary N) is 1. The van der Waals surface area contributed by atoms with E-state index in [0.29, 0.717) is 12.0 Å². The largest absolute Gasteiger partial charge is 0.493 e. The number of hydrogen-bond donors (Lipinski definition) is 1. The summed E-state index contributed by atoms with van der Waals surface area (Å²) in [7, 11) is 0. The quantitative estimate of drug-likeness (QED) is 0.815. The number of benzene rings is 2. The van der Waals surface area contributed by atoms with Gasteiger partial charge in [0.1, 0.15) is 5.75 Å². The Kier molecular flexibility index (Phi) is 6.02. The van der Waals surface area contributed by atoms with Gasteiger partial charge in [0.05, 0.1) is 6.61 Å². The summed E-state index contributed by atoms with van der Waals surface area (Å²) >= 11 is 0. The fourth-order valence-corrected chi connectivity index (χ4v) is 2.26. The lowest BCUT2D eigenvalue weighted by molar-refractivity contribution is 0.321. The van der Waals surface area contributed by atoms with Gasteiger partial charge in [0, 0.05) is 19.5 Å². The van der Waals surface area contributed by atoms with E-state index >= 15 is 0 Å². The minimum absolute atomic E-state index is 0.309. The molecule has 0 aliphatic carbocycles. The van der Waals surface area contributed by atoms with Crippen LogP contribution in [0.15, 0.2) is 54.6 Å². The molecule has 1 N–H and O–H groups in total. The van der Waals surface area contributed by atoms with Gasteiger partial charge in [-0.2, -0.15) is 0 Å². The van der Waals surface area contributed by atoms with E-state index in [9.17, 15) is 0 Å². The standard InChI is InChI=1S/C20H27NO/c1-20(2,3)16-21-15-18-10-7-11-19(14-18)22-13-12-17-8-5-4-6-9-17/h4-11,14,21H,12-13,15-16H2,1-3H3. The van der Waals surface area contributed by atoms with E-state index in [-0.39, 0.29) is 0 Å². The maximum atomic E-state index is 5.87. The van der Waals surface area contributed by atoms with Crippen LogP contribution in [0, 0.1) is 5.41 Å². The molecule has 2 aromatic carbocycles. The first-order valence-electron chi connectivity index (χ1n) is 7.99. The Hall–Kier alpha value is -1.80. The van der Waals surface area contributed by atoms with Gasteiger partial charge in [0.2, 0.25) is 0 Å². The van der Waals surface area contributed by atoms with E-state index in [1.54, 1.807) is 0 Å². The third-order valence-electron chi connectivity index (χ3n) is 3.39. The Morgan fingerprint density at radius 1 is 0.909 bits per heavy atom. The topological polar surface area (TPSA) is 21.3 Å². The van der Waals surface area contributed by atoms with Crippen LogP contribution in [0.25, 0.3) is 0 Å².